The highest BCUT2D eigenvalue weighted by molar-refractivity contribution is 7.78. The molecule has 1 heterocycles. The average molecular weight is 402 g/mol. The first-order valence-electron chi connectivity index (χ1n) is 7.44. The van der Waals surface area contributed by atoms with Crippen molar-refractivity contribution in [2.24, 2.45) is 5.92 Å². The van der Waals surface area contributed by atoms with Crippen molar-refractivity contribution < 1.29 is 31.1 Å². The van der Waals surface area contributed by atoms with E-state index >= 15 is 0 Å². The number of anilines is 2. The van der Waals surface area contributed by atoms with Crippen LogP contribution in [0.15, 0.2) is 18.2 Å². The second-order valence-electron chi connectivity index (χ2n) is 5.70. The first-order chi connectivity index (χ1) is 12.0. The molecule has 1 amide bonds. The predicted molar refractivity (Wildman–Crippen MR) is 86.5 cm³/mol. The zero-order valence-corrected chi connectivity index (χ0v) is 14.0. The van der Waals surface area contributed by atoms with E-state index in [9.17, 15) is 31.1 Å². The zero-order chi connectivity index (χ0) is 19.5. The number of benzene rings is 1. The fourth-order valence-corrected chi connectivity index (χ4v) is 2.61. The molecule has 0 saturated heterocycles. The molecular formula is C14H16F6N4OS. The summed E-state index contributed by atoms with van der Waals surface area (Å²) in [5.74, 6) is -5.01. The lowest BCUT2D eigenvalue weighted by atomic mass is 10.0. The van der Waals surface area contributed by atoms with E-state index in [1.165, 1.54) is 0 Å². The maximum absolute atomic E-state index is 12.5. The Bertz CT molecular complexity index is 637. The standard InChI is InChI=1S/C14H16F6N4OS/c15-13(16,17)10(14(18,19)20)4-12(25)21-5-7-1-2-8-9(3-7)24-11(23-8)6-22-26/h1-3,10-11,22-24,26H,4-6H2,(H,21,25). The van der Waals surface area contributed by atoms with Crippen LogP contribution in [0.1, 0.15) is 12.0 Å². The molecule has 0 radical (unpaired) electrons. The number of fused-ring (bicyclic) bond motifs is 1. The van der Waals surface area contributed by atoms with Gasteiger partial charge in [0.2, 0.25) is 5.91 Å². The minimum Gasteiger partial charge on any atom is -0.363 e. The predicted octanol–water partition coefficient (Wildman–Crippen LogP) is 3.03. The summed E-state index contributed by atoms with van der Waals surface area (Å²) in [4.78, 5) is 11.5. The summed E-state index contributed by atoms with van der Waals surface area (Å²) in [6.07, 6.45) is -12.9. The van der Waals surface area contributed by atoms with Crippen molar-refractivity contribution in [1.29, 1.82) is 0 Å². The Morgan fingerprint density at radius 3 is 2.31 bits per heavy atom. The number of thiol groups is 1. The minimum absolute atomic E-state index is 0.119. The average Bonchev–Trinajstić information content (AvgIpc) is 2.90. The number of halogens is 6. The highest BCUT2D eigenvalue weighted by Crippen LogP contribution is 2.41. The Hall–Kier alpha value is -1.82. The summed E-state index contributed by atoms with van der Waals surface area (Å²) in [6, 6.07) is 4.94. The molecule has 1 aromatic rings. The van der Waals surface area contributed by atoms with Gasteiger partial charge in [0.05, 0.1) is 11.4 Å². The van der Waals surface area contributed by atoms with Crippen LogP contribution < -0.4 is 20.7 Å². The summed E-state index contributed by atoms with van der Waals surface area (Å²) in [6.45, 7) is 0.311. The van der Waals surface area contributed by atoms with E-state index in [-0.39, 0.29) is 12.7 Å². The van der Waals surface area contributed by atoms with Crippen molar-refractivity contribution in [3.63, 3.8) is 0 Å². The van der Waals surface area contributed by atoms with E-state index in [2.05, 4.69) is 33.5 Å². The Balaban J connectivity index is 1.93. The molecule has 146 valence electrons. The van der Waals surface area contributed by atoms with Gasteiger partial charge < -0.3 is 16.0 Å². The maximum atomic E-state index is 12.5. The highest BCUT2D eigenvalue weighted by Gasteiger charge is 2.57. The monoisotopic (exact) mass is 402 g/mol. The van der Waals surface area contributed by atoms with Crippen LogP contribution in [-0.4, -0.2) is 31.0 Å². The van der Waals surface area contributed by atoms with Gasteiger partial charge >= 0.3 is 12.4 Å². The number of amides is 1. The van der Waals surface area contributed by atoms with Crippen LogP contribution in [0.4, 0.5) is 37.7 Å². The van der Waals surface area contributed by atoms with Gasteiger partial charge in [-0.1, -0.05) is 18.9 Å². The van der Waals surface area contributed by atoms with Crippen LogP contribution >= 0.6 is 12.8 Å². The lowest BCUT2D eigenvalue weighted by Crippen LogP contribution is -2.40. The van der Waals surface area contributed by atoms with E-state index < -0.39 is 30.6 Å². The number of alkyl halides is 6. The smallest absolute Gasteiger partial charge is 0.363 e. The molecule has 2 rings (SSSR count). The van der Waals surface area contributed by atoms with E-state index in [1.54, 1.807) is 18.2 Å². The number of carbonyl (C=O) groups is 1. The first kappa shape index (κ1) is 20.5. The topological polar surface area (TPSA) is 65.2 Å². The highest BCUT2D eigenvalue weighted by atomic mass is 32.1. The largest absolute Gasteiger partial charge is 0.400 e. The van der Waals surface area contributed by atoms with Crippen LogP contribution in [0.25, 0.3) is 0 Å². The third kappa shape index (κ3) is 5.34. The number of rotatable bonds is 6. The minimum atomic E-state index is -5.53. The first-order valence-corrected chi connectivity index (χ1v) is 7.88. The van der Waals surface area contributed by atoms with Gasteiger partial charge in [-0.3, -0.25) is 9.52 Å². The van der Waals surface area contributed by atoms with E-state index in [1.807, 2.05) is 0 Å². The molecule has 0 aromatic heterocycles. The summed E-state index contributed by atoms with van der Waals surface area (Å²) in [7, 11) is 0. The molecule has 26 heavy (non-hydrogen) atoms. The quantitative estimate of drug-likeness (QED) is 0.375. The van der Waals surface area contributed by atoms with Crippen molar-refractivity contribution in [3.8, 4) is 0 Å². The van der Waals surface area contributed by atoms with Crippen molar-refractivity contribution in [2.45, 2.75) is 31.5 Å². The number of carbonyl (C=O) groups excluding carboxylic acids is 1. The molecule has 1 aliphatic heterocycles. The van der Waals surface area contributed by atoms with Gasteiger partial charge in [-0.05, 0) is 17.7 Å². The Kier molecular flexibility index (Phi) is 6.17. The van der Waals surface area contributed by atoms with Gasteiger partial charge in [-0.25, -0.2) is 0 Å². The van der Waals surface area contributed by atoms with E-state index in [0.717, 1.165) is 5.69 Å². The molecule has 4 N–H and O–H groups in total. The van der Waals surface area contributed by atoms with E-state index in [4.69, 9.17) is 0 Å². The third-order valence-electron chi connectivity index (χ3n) is 3.71. The molecule has 0 bridgehead atoms. The van der Waals surface area contributed by atoms with Crippen LogP contribution in [0.3, 0.4) is 0 Å². The lowest BCUT2D eigenvalue weighted by Gasteiger charge is -2.22. The summed E-state index contributed by atoms with van der Waals surface area (Å²) in [5.41, 5.74) is 2.01. The van der Waals surface area contributed by atoms with Crippen molar-refractivity contribution in [2.75, 3.05) is 17.2 Å². The van der Waals surface area contributed by atoms with Crippen LogP contribution in [-0.2, 0) is 11.3 Å². The summed E-state index contributed by atoms with van der Waals surface area (Å²) < 4.78 is 77.5. The second-order valence-corrected chi connectivity index (χ2v) is 6.02. The summed E-state index contributed by atoms with van der Waals surface area (Å²) >= 11 is 3.88. The van der Waals surface area contributed by atoms with Crippen LogP contribution in [0.2, 0.25) is 0 Å². The SMILES string of the molecule is O=C(CC(C(F)(F)F)C(F)(F)F)NCc1ccc2c(c1)NC(CNS)N2. The van der Waals surface area contributed by atoms with Gasteiger partial charge in [0, 0.05) is 19.5 Å². The molecule has 1 unspecified atom stereocenters. The van der Waals surface area contributed by atoms with Gasteiger partial charge in [0.25, 0.3) is 0 Å². The number of hydrogen-bond donors (Lipinski definition) is 5. The van der Waals surface area contributed by atoms with Crippen molar-refractivity contribution >= 4 is 30.1 Å². The Labute approximate surface area is 150 Å². The normalized spacial score (nSPS) is 16.8. The molecule has 12 heteroatoms. The van der Waals surface area contributed by atoms with Gasteiger partial charge in [0.15, 0.2) is 5.92 Å². The second kappa shape index (κ2) is 7.82. The third-order valence-corrected chi connectivity index (χ3v) is 3.89. The molecule has 0 spiro atoms. The van der Waals surface area contributed by atoms with Crippen LogP contribution in [0, 0.1) is 5.92 Å². The molecule has 0 saturated carbocycles. The van der Waals surface area contributed by atoms with Crippen LogP contribution in [0.5, 0.6) is 0 Å². The van der Waals surface area contributed by atoms with Crippen molar-refractivity contribution in [3.05, 3.63) is 23.8 Å². The van der Waals surface area contributed by atoms with Gasteiger partial charge in [-0.2, -0.15) is 26.3 Å². The zero-order valence-electron chi connectivity index (χ0n) is 13.1. The Morgan fingerprint density at radius 2 is 1.73 bits per heavy atom. The molecular weight excluding hydrogens is 386 g/mol. The lowest BCUT2D eigenvalue weighted by molar-refractivity contribution is -0.284. The fourth-order valence-electron chi connectivity index (χ4n) is 2.43. The molecule has 1 atom stereocenters. The molecule has 5 nitrogen and oxygen atoms in total. The van der Waals surface area contributed by atoms with E-state index in [0.29, 0.717) is 17.8 Å². The molecule has 1 aliphatic rings. The Morgan fingerprint density at radius 1 is 1.12 bits per heavy atom. The molecule has 1 aromatic carbocycles. The molecule has 0 aliphatic carbocycles. The molecule has 0 fully saturated rings. The number of hydrogen-bond acceptors (Lipinski definition) is 5. The summed E-state index contributed by atoms with van der Waals surface area (Å²) in [5, 5.41) is 8.32. The van der Waals surface area contributed by atoms with Gasteiger partial charge in [0.1, 0.15) is 6.17 Å². The maximum Gasteiger partial charge on any atom is 0.400 e. The number of nitrogens with one attached hydrogen (secondary N) is 4. The van der Waals surface area contributed by atoms with Gasteiger partial charge in [-0.15, -0.1) is 0 Å². The van der Waals surface area contributed by atoms with Crippen molar-refractivity contribution in [1.82, 2.24) is 10.0 Å². The fraction of sp³-hybridized carbons (Fsp3) is 0.500.